The summed E-state index contributed by atoms with van der Waals surface area (Å²) in [4.78, 5) is 0. The van der Waals surface area contributed by atoms with Crippen molar-refractivity contribution in [1.29, 1.82) is 0 Å². The Hall–Kier alpha value is -3.16. The SMILES string of the molecule is C=CCCCCCC[C@@H]1CO[C@@H](c2ccc(-c3ccc(-c4ccc([C@@H]5OC[C@@H](CCCCCCC=C)C(C)O5)c(F)c4)cc3)cc2F)OC1C. The van der Waals surface area contributed by atoms with Gasteiger partial charge >= 0.3 is 0 Å². The minimum atomic E-state index is -0.709. The van der Waals surface area contributed by atoms with Gasteiger partial charge in [-0.3, -0.25) is 0 Å². The van der Waals surface area contributed by atoms with Gasteiger partial charge in [-0.05, 0) is 86.8 Å². The fraction of sp³-hybridized carbons (Fsp3) is 0.500. The number of benzene rings is 3. The Labute approximate surface area is 298 Å². The standard InChI is InChI=1S/C44H56F2O4/c1-5-7-9-11-13-15-17-37-29-47-43(49-31(37)3)39-25-23-35(27-41(39)45)33-19-21-34(22-20-33)36-24-26-40(42(46)28-36)44-48-30-38(32(4)50-44)18-16-14-12-10-8-6-2/h5-6,19-28,31-32,37-38,43-44H,1-2,7-18,29-30H2,3-4H3/t31?,32?,37-,38-,43-,44-/m1/s1. The summed E-state index contributed by atoms with van der Waals surface area (Å²) < 4.78 is 55.1. The summed E-state index contributed by atoms with van der Waals surface area (Å²) in [5.41, 5.74) is 4.08. The topological polar surface area (TPSA) is 36.9 Å². The Morgan fingerprint density at radius 1 is 0.560 bits per heavy atom. The van der Waals surface area contributed by atoms with Crippen molar-refractivity contribution in [3.8, 4) is 22.3 Å². The average Bonchev–Trinajstić information content (AvgIpc) is 3.12. The molecule has 0 aromatic heterocycles. The molecule has 0 radical (unpaired) electrons. The molecule has 2 heterocycles. The Balaban J connectivity index is 1.12. The summed E-state index contributed by atoms with van der Waals surface area (Å²) in [6, 6.07) is 18.1. The highest BCUT2D eigenvalue weighted by molar-refractivity contribution is 5.71. The minimum absolute atomic E-state index is 0.00326. The van der Waals surface area contributed by atoms with Crippen LogP contribution in [0.3, 0.4) is 0 Å². The van der Waals surface area contributed by atoms with E-state index in [-0.39, 0.29) is 23.8 Å². The van der Waals surface area contributed by atoms with Crippen molar-refractivity contribution in [2.45, 2.75) is 116 Å². The van der Waals surface area contributed by atoms with Crippen LogP contribution in [-0.2, 0) is 18.9 Å². The molecule has 2 saturated heterocycles. The molecule has 6 heteroatoms. The molecular weight excluding hydrogens is 630 g/mol. The highest BCUT2D eigenvalue weighted by Crippen LogP contribution is 2.36. The second-order valence-corrected chi connectivity index (χ2v) is 14.1. The van der Waals surface area contributed by atoms with Crippen LogP contribution in [0.2, 0.25) is 0 Å². The lowest BCUT2D eigenvalue weighted by Crippen LogP contribution is -2.34. The Morgan fingerprint density at radius 3 is 1.30 bits per heavy atom. The first kappa shape index (κ1) is 38.1. The second-order valence-electron chi connectivity index (χ2n) is 14.1. The van der Waals surface area contributed by atoms with Crippen LogP contribution in [0.5, 0.6) is 0 Å². The van der Waals surface area contributed by atoms with Gasteiger partial charge in [-0.1, -0.05) is 99.2 Å². The van der Waals surface area contributed by atoms with Crippen LogP contribution in [0.1, 0.15) is 115 Å². The van der Waals surface area contributed by atoms with E-state index in [1.807, 2.05) is 48.6 Å². The van der Waals surface area contributed by atoms with Gasteiger partial charge in [0.15, 0.2) is 12.6 Å². The van der Waals surface area contributed by atoms with Crippen LogP contribution in [0.25, 0.3) is 22.3 Å². The highest BCUT2D eigenvalue weighted by atomic mass is 19.1. The summed E-state index contributed by atoms with van der Waals surface area (Å²) in [7, 11) is 0. The first-order valence-corrected chi connectivity index (χ1v) is 18.8. The van der Waals surface area contributed by atoms with Crippen LogP contribution in [0, 0.1) is 23.5 Å². The lowest BCUT2D eigenvalue weighted by atomic mass is 9.95. The monoisotopic (exact) mass is 686 g/mol. The lowest BCUT2D eigenvalue weighted by Gasteiger charge is -2.35. The molecule has 270 valence electrons. The molecule has 2 fully saturated rings. The molecule has 0 aliphatic carbocycles. The maximum absolute atomic E-state index is 15.4. The molecule has 2 aliphatic heterocycles. The molecule has 3 aromatic rings. The summed E-state index contributed by atoms with van der Waals surface area (Å²) in [6.45, 7) is 12.8. The number of hydrogen-bond acceptors (Lipinski definition) is 4. The van der Waals surface area contributed by atoms with E-state index in [2.05, 4.69) is 27.0 Å². The van der Waals surface area contributed by atoms with E-state index in [0.717, 1.165) is 60.8 Å². The van der Waals surface area contributed by atoms with Crippen molar-refractivity contribution in [1.82, 2.24) is 0 Å². The maximum Gasteiger partial charge on any atom is 0.186 e. The molecule has 50 heavy (non-hydrogen) atoms. The third kappa shape index (κ3) is 10.4. The van der Waals surface area contributed by atoms with Gasteiger partial charge in [-0.25, -0.2) is 8.78 Å². The van der Waals surface area contributed by atoms with Gasteiger partial charge in [0, 0.05) is 23.0 Å². The zero-order valence-corrected chi connectivity index (χ0v) is 30.1. The molecule has 3 aromatic carbocycles. The molecule has 0 N–H and O–H groups in total. The van der Waals surface area contributed by atoms with Crippen molar-refractivity contribution in [3.05, 3.63) is 109 Å². The maximum atomic E-state index is 15.4. The fourth-order valence-corrected chi connectivity index (χ4v) is 7.09. The molecular formula is C44H56F2O4. The zero-order chi connectivity index (χ0) is 35.3. The fourth-order valence-electron chi connectivity index (χ4n) is 7.09. The first-order chi connectivity index (χ1) is 24.4. The summed E-state index contributed by atoms with van der Waals surface area (Å²) in [5.74, 6) is -0.0683. The van der Waals surface area contributed by atoms with E-state index in [1.54, 1.807) is 12.1 Å². The second kappa shape index (κ2) is 19.4. The predicted molar refractivity (Wildman–Crippen MR) is 198 cm³/mol. The normalized spacial score (nSPS) is 23.8. The van der Waals surface area contributed by atoms with Crippen LogP contribution in [0.15, 0.2) is 86.0 Å². The molecule has 2 aliphatic rings. The van der Waals surface area contributed by atoms with Gasteiger partial charge in [0.2, 0.25) is 0 Å². The predicted octanol–water partition coefficient (Wildman–Crippen LogP) is 12.5. The lowest BCUT2D eigenvalue weighted by molar-refractivity contribution is -0.238. The number of hydrogen-bond donors (Lipinski definition) is 0. The number of unbranched alkanes of at least 4 members (excludes halogenated alkanes) is 8. The van der Waals surface area contributed by atoms with Crippen molar-refractivity contribution in [3.63, 3.8) is 0 Å². The highest BCUT2D eigenvalue weighted by Gasteiger charge is 2.32. The van der Waals surface area contributed by atoms with Gasteiger partial charge in [-0.15, -0.1) is 13.2 Å². The van der Waals surface area contributed by atoms with Gasteiger partial charge in [0.05, 0.1) is 25.4 Å². The quantitative estimate of drug-likeness (QED) is 0.0986. The Morgan fingerprint density at radius 2 is 0.940 bits per heavy atom. The van der Waals surface area contributed by atoms with Crippen molar-refractivity contribution in [2.75, 3.05) is 13.2 Å². The third-order valence-corrected chi connectivity index (χ3v) is 10.5. The number of ether oxygens (including phenoxy) is 4. The van der Waals surface area contributed by atoms with Gasteiger partial charge in [-0.2, -0.15) is 0 Å². The minimum Gasteiger partial charge on any atom is -0.348 e. The smallest absolute Gasteiger partial charge is 0.186 e. The Bertz CT molecular complexity index is 1390. The van der Waals surface area contributed by atoms with E-state index in [0.29, 0.717) is 36.2 Å². The van der Waals surface area contributed by atoms with E-state index >= 15 is 8.78 Å². The first-order valence-electron chi connectivity index (χ1n) is 18.8. The van der Waals surface area contributed by atoms with Crippen LogP contribution in [0.4, 0.5) is 8.78 Å². The van der Waals surface area contributed by atoms with Gasteiger partial charge < -0.3 is 18.9 Å². The Kier molecular flexibility index (Phi) is 14.8. The molecule has 0 bridgehead atoms. The number of halogens is 2. The van der Waals surface area contributed by atoms with Crippen molar-refractivity contribution >= 4 is 0 Å². The number of allylic oxidation sites excluding steroid dienone is 2. The number of rotatable bonds is 18. The molecule has 0 spiro atoms. The van der Waals surface area contributed by atoms with Crippen LogP contribution in [-0.4, -0.2) is 25.4 Å². The van der Waals surface area contributed by atoms with Gasteiger partial charge in [0.25, 0.3) is 0 Å². The summed E-state index contributed by atoms with van der Waals surface area (Å²) in [6.07, 6.45) is 16.3. The molecule has 0 amide bonds. The summed E-state index contributed by atoms with van der Waals surface area (Å²) in [5, 5.41) is 0. The summed E-state index contributed by atoms with van der Waals surface area (Å²) >= 11 is 0. The van der Waals surface area contributed by atoms with Crippen molar-refractivity contribution < 1.29 is 27.7 Å². The average molecular weight is 687 g/mol. The van der Waals surface area contributed by atoms with Crippen LogP contribution < -0.4 is 0 Å². The van der Waals surface area contributed by atoms with E-state index in [1.165, 1.54) is 50.7 Å². The third-order valence-electron chi connectivity index (χ3n) is 10.5. The molecule has 2 unspecified atom stereocenters. The van der Waals surface area contributed by atoms with E-state index in [9.17, 15) is 0 Å². The van der Waals surface area contributed by atoms with Gasteiger partial charge in [0.1, 0.15) is 11.6 Å². The molecule has 4 nitrogen and oxygen atoms in total. The van der Waals surface area contributed by atoms with E-state index in [4.69, 9.17) is 18.9 Å². The molecule has 6 atom stereocenters. The van der Waals surface area contributed by atoms with Crippen molar-refractivity contribution in [2.24, 2.45) is 11.8 Å². The zero-order valence-electron chi connectivity index (χ0n) is 30.1. The molecule has 0 saturated carbocycles. The largest absolute Gasteiger partial charge is 0.348 e. The van der Waals surface area contributed by atoms with E-state index < -0.39 is 12.6 Å². The molecule has 5 rings (SSSR count). The van der Waals surface area contributed by atoms with Crippen LogP contribution >= 0.6 is 0 Å².